The zero-order valence-electron chi connectivity index (χ0n) is 9.06. The van der Waals surface area contributed by atoms with Gasteiger partial charge in [0.15, 0.2) is 0 Å². The number of aliphatic hydroxyl groups is 1. The first-order valence-corrected chi connectivity index (χ1v) is 5.29. The van der Waals surface area contributed by atoms with Crippen molar-refractivity contribution in [3.63, 3.8) is 0 Å². The van der Waals surface area contributed by atoms with Crippen LogP contribution in [0.1, 0.15) is 59.8 Å². The maximum absolute atomic E-state index is 10.1. The van der Waals surface area contributed by atoms with Crippen molar-refractivity contribution in [1.29, 1.82) is 0 Å². The van der Waals surface area contributed by atoms with Gasteiger partial charge in [-0.05, 0) is 18.8 Å². The first-order valence-electron chi connectivity index (χ1n) is 5.29. The molecule has 1 N–H and O–H groups in total. The van der Waals surface area contributed by atoms with Crippen LogP contribution in [0.5, 0.6) is 0 Å². The van der Waals surface area contributed by atoms with E-state index in [4.69, 9.17) is 0 Å². The summed E-state index contributed by atoms with van der Waals surface area (Å²) in [5.74, 6) is 0.388. The van der Waals surface area contributed by atoms with Crippen molar-refractivity contribution in [1.82, 2.24) is 0 Å². The minimum Gasteiger partial charge on any atom is -0.390 e. The first-order chi connectivity index (χ1) is 5.56. The topological polar surface area (TPSA) is 20.2 Å². The number of hydrogen-bond donors (Lipinski definition) is 1. The molecule has 0 saturated heterocycles. The summed E-state index contributed by atoms with van der Waals surface area (Å²) in [7, 11) is 0. The van der Waals surface area contributed by atoms with Gasteiger partial charge in [-0.3, -0.25) is 0 Å². The summed E-state index contributed by atoms with van der Waals surface area (Å²) in [6.45, 7) is 8.48. The average molecular weight is 172 g/mol. The summed E-state index contributed by atoms with van der Waals surface area (Å²) in [6, 6.07) is 0. The minimum absolute atomic E-state index is 0.388. The number of hydrogen-bond acceptors (Lipinski definition) is 1. The summed E-state index contributed by atoms with van der Waals surface area (Å²) in [6.07, 6.45) is 5.50. The van der Waals surface area contributed by atoms with Crippen LogP contribution < -0.4 is 0 Å². The second-order valence-electron chi connectivity index (χ2n) is 4.07. The molecule has 12 heavy (non-hydrogen) atoms. The maximum atomic E-state index is 10.1. The Kier molecular flexibility index (Phi) is 5.56. The molecule has 0 heterocycles. The molecule has 0 aliphatic carbocycles. The monoisotopic (exact) mass is 172 g/mol. The highest BCUT2D eigenvalue weighted by Crippen LogP contribution is 2.27. The van der Waals surface area contributed by atoms with Crippen LogP contribution in [0.4, 0.5) is 0 Å². The lowest BCUT2D eigenvalue weighted by Gasteiger charge is -2.31. The zero-order valence-corrected chi connectivity index (χ0v) is 9.06. The highest BCUT2D eigenvalue weighted by molar-refractivity contribution is 4.79. The maximum Gasteiger partial charge on any atom is 0.0668 e. The summed E-state index contributed by atoms with van der Waals surface area (Å²) in [5.41, 5.74) is -0.408. The average Bonchev–Trinajstić information content (AvgIpc) is 2.04. The molecular formula is C11H24O. The minimum atomic E-state index is -0.408. The molecule has 0 rings (SSSR count). The Hall–Kier alpha value is -0.0400. The molecule has 0 fully saturated rings. The van der Waals surface area contributed by atoms with Gasteiger partial charge in [-0.2, -0.15) is 0 Å². The molecule has 0 aromatic heterocycles. The lowest BCUT2D eigenvalue weighted by molar-refractivity contribution is -0.0185. The largest absolute Gasteiger partial charge is 0.390 e. The van der Waals surface area contributed by atoms with Crippen molar-refractivity contribution in [3.8, 4) is 0 Å². The smallest absolute Gasteiger partial charge is 0.0668 e. The molecule has 1 nitrogen and oxygen atoms in total. The molecule has 0 spiro atoms. The van der Waals surface area contributed by atoms with E-state index < -0.39 is 5.60 Å². The summed E-state index contributed by atoms with van der Waals surface area (Å²) < 4.78 is 0. The van der Waals surface area contributed by atoms with E-state index in [1.54, 1.807) is 0 Å². The molecular weight excluding hydrogens is 148 g/mol. The van der Waals surface area contributed by atoms with Gasteiger partial charge in [0.05, 0.1) is 5.60 Å². The predicted octanol–water partition coefficient (Wildman–Crippen LogP) is 3.36. The Morgan fingerprint density at radius 2 is 1.75 bits per heavy atom. The fraction of sp³-hybridized carbons (Fsp3) is 1.00. The molecule has 0 aliphatic heterocycles. The van der Waals surface area contributed by atoms with E-state index in [2.05, 4.69) is 27.7 Å². The molecule has 74 valence electrons. The van der Waals surface area contributed by atoms with Gasteiger partial charge in [0.1, 0.15) is 0 Å². The molecule has 0 aromatic carbocycles. The molecule has 0 aliphatic rings. The van der Waals surface area contributed by atoms with Gasteiger partial charge in [-0.25, -0.2) is 0 Å². The second-order valence-corrected chi connectivity index (χ2v) is 4.07. The summed E-state index contributed by atoms with van der Waals surface area (Å²) >= 11 is 0. The third kappa shape index (κ3) is 3.57. The summed E-state index contributed by atoms with van der Waals surface area (Å²) in [4.78, 5) is 0. The van der Waals surface area contributed by atoms with Crippen LogP contribution in [-0.2, 0) is 0 Å². The van der Waals surface area contributed by atoms with Gasteiger partial charge in [-0.1, -0.05) is 47.0 Å². The van der Waals surface area contributed by atoms with Crippen LogP contribution in [0.25, 0.3) is 0 Å². The van der Waals surface area contributed by atoms with Gasteiger partial charge in [0.25, 0.3) is 0 Å². The van der Waals surface area contributed by atoms with Gasteiger partial charge < -0.3 is 5.11 Å². The predicted molar refractivity (Wildman–Crippen MR) is 54.2 cm³/mol. The Labute approximate surface area is 77.2 Å². The third-order valence-corrected chi connectivity index (χ3v) is 2.90. The van der Waals surface area contributed by atoms with Crippen molar-refractivity contribution in [2.45, 2.75) is 65.4 Å². The van der Waals surface area contributed by atoms with Crippen LogP contribution in [0.2, 0.25) is 0 Å². The van der Waals surface area contributed by atoms with E-state index in [0.29, 0.717) is 5.92 Å². The van der Waals surface area contributed by atoms with E-state index in [-0.39, 0.29) is 0 Å². The molecule has 0 amide bonds. The van der Waals surface area contributed by atoms with Crippen molar-refractivity contribution < 1.29 is 5.11 Å². The fourth-order valence-corrected chi connectivity index (χ4v) is 1.55. The van der Waals surface area contributed by atoms with Crippen LogP contribution >= 0.6 is 0 Å². The van der Waals surface area contributed by atoms with E-state index in [1.807, 2.05) is 0 Å². The normalized spacial score (nSPS) is 16.5. The first kappa shape index (κ1) is 12.0. The number of unbranched alkanes of at least 4 members (excludes halogenated alkanes) is 2. The Morgan fingerprint density at radius 1 is 1.17 bits per heavy atom. The lowest BCUT2D eigenvalue weighted by Crippen LogP contribution is -2.33. The molecule has 1 unspecified atom stereocenters. The van der Waals surface area contributed by atoms with Crippen molar-refractivity contribution in [2.75, 3.05) is 0 Å². The van der Waals surface area contributed by atoms with Crippen molar-refractivity contribution in [2.24, 2.45) is 5.92 Å². The van der Waals surface area contributed by atoms with Gasteiger partial charge in [-0.15, -0.1) is 0 Å². The molecule has 0 radical (unpaired) electrons. The van der Waals surface area contributed by atoms with Gasteiger partial charge in [0, 0.05) is 0 Å². The van der Waals surface area contributed by atoms with Gasteiger partial charge >= 0.3 is 0 Å². The van der Waals surface area contributed by atoms with E-state index in [9.17, 15) is 5.11 Å². The quantitative estimate of drug-likeness (QED) is 0.609. The van der Waals surface area contributed by atoms with Crippen LogP contribution in [-0.4, -0.2) is 10.7 Å². The Balaban J connectivity index is 3.80. The molecule has 1 heteroatoms. The standard InChI is InChI=1S/C11H24O/c1-5-7-8-9-11(12,6-2)10(3)4/h10,12H,5-9H2,1-4H3. The van der Waals surface area contributed by atoms with Crippen LogP contribution in [0.15, 0.2) is 0 Å². The van der Waals surface area contributed by atoms with Crippen LogP contribution in [0, 0.1) is 5.92 Å². The zero-order chi connectivity index (χ0) is 9.61. The molecule has 0 saturated carbocycles. The Bertz CT molecular complexity index is 110. The Morgan fingerprint density at radius 3 is 2.08 bits per heavy atom. The fourth-order valence-electron chi connectivity index (χ4n) is 1.55. The van der Waals surface area contributed by atoms with Gasteiger partial charge in [0.2, 0.25) is 0 Å². The highest BCUT2D eigenvalue weighted by Gasteiger charge is 2.27. The SMILES string of the molecule is CCCCCC(O)(CC)C(C)C. The van der Waals surface area contributed by atoms with Crippen molar-refractivity contribution >= 4 is 0 Å². The van der Waals surface area contributed by atoms with E-state index in [1.165, 1.54) is 19.3 Å². The third-order valence-electron chi connectivity index (χ3n) is 2.90. The molecule has 0 aromatic rings. The molecule has 1 atom stereocenters. The summed E-state index contributed by atoms with van der Waals surface area (Å²) in [5, 5.41) is 10.1. The second kappa shape index (κ2) is 5.58. The van der Waals surface area contributed by atoms with E-state index in [0.717, 1.165) is 12.8 Å². The number of rotatable bonds is 6. The van der Waals surface area contributed by atoms with E-state index >= 15 is 0 Å². The molecule has 0 bridgehead atoms. The van der Waals surface area contributed by atoms with Crippen molar-refractivity contribution in [3.05, 3.63) is 0 Å². The highest BCUT2D eigenvalue weighted by atomic mass is 16.3. The lowest BCUT2D eigenvalue weighted by atomic mass is 9.83. The van der Waals surface area contributed by atoms with Crippen LogP contribution in [0.3, 0.4) is 0 Å².